The molecule has 1 N–H and O–H groups in total. The lowest BCUT2D eigenvalue weighted by molar-refractivity contribution is 0.509. The van der Waals surface area contributed by atoms with Gasteiger partial charge >= 0.3 is 0 Å². The van der Waals surface area contributed by atoms with Crippen molar-refractivity contribution in [3.63, 3.8) is 0 Å². The van der Waals surface area contributed by atoms with Crippen molar-refractivity contribution in [1.29, 1.82) is 0 Å². The molecule has 0 spiro atoms. The number of thioether (sulfide) groups is 1. The molecule has 2 heteroatoms. The van der Waals surface area contributed by atoms with E-state index in [0.717, 1.165) is 11.8 Å². The van der Waals surface area contributed by atoms with Crippen molar-refractivity contribution in [2.45, 2.75) is 64.7 Å². The molecule has 0 aromatic rings. The van der Waals surface area contributed by atoms with E-state index in [1.54, 1.807) is 0 Å². The Morgan fingerprint density at radius 2 is 1.86 bits per heavy atom. The summed E-state index contributed by atoms with van der Waals surface area (Å²) in [6.45, 7) is 10.2. The number of hydrogen-bond acceptors (Lipinski definition) is 2. The van der Waals surface area contributed by atoms with E-state index in [1.807, 2.05) is 0 Å². The van der Waals surface area contributed by atoms with Gasteiger partial charge in [0, 0.05) is 11.3 Å². The van der Waals surface area contributed by atoms with Crippen molar-refractivity contribution in [2.75, 3.05) is 12.3 Å². The molecule has 0 aliphatic heterocycles. The lowest BCUT2D eigenvalue weighted by Gasteiger charge is -2.23. The van der Waals surface area contributed by atoms with Gasteiger partial charge in [0.1, 0.15) is 0 Å². The summed E-state index contributed by atoms with van der Waals surface area (Å²) in [6, 6.07) is 0.701. The molecule has 86 valence electrons. The normalized spacial score (nSPS) is 15.4. The van der Waals surface area contributed by atoms with E-state index in [1.165, 1.54) is 31.4 Å². The SMILES string of the molecule is CCCCCSC(C)C(CC)NCC. The lowest BCUT2D eigenvalue weighted by Crippen LogP contribution is -2.36. The minimum Gasteiger partial charge on any atom is -0.313 e. The second-order valence-corrected chi connectivity index (χ2v) is 5.34. The first-order valence-corrected chi connectivity index (χ1v) is 7.16. The molecule has 1 nitrogen and oxygen atoms in total. The first kappa shape index (κ1) is 14.3. The average molecular weight is 217 g/mol. The fraction of sp³-hybridized carbons (Fsp3) is 1.00. The molecule has 14 heavy (non-hydrogen) atoms. The molecule has 0 fully saturated rings. The molecule has 0 saturated heterocycles. The highest BCUT2D eigenvalue weighted by molar-refractivity contribution is 7.99. The molecule has 0 aromatic carbocycles. The van der Waals surface area contributed by atoms with Gasteiger partial charge in [-0.1, -0.05) is 40.5 Å². The molecule has 0 amide bonds. The molecule has 0 aliphatic carbocycles. The zero-order valence-corrected chi connectivity index (χ0v) is 11.1. The number of hydrogen-bond donors (Lipinski definition) is 1. The maximum atomic E-state index is 3.55. The predicted octanol–water partition coefficient (Wildman–Crippen LogP) is 3.69. The lowest BCUT2D eigenvalue weighted by atomic mass is 10.2. The van der Waals surface area contributed by atoms with Crippen LogP contribution in [0.5, 0.6) is 0 Å². The van der Waals surface area contributed by atoms with Gasteiger partial charge in [0.2, 0.25) is 0 Å². The van der Waals surface area contributed by atoms with Gasteiger partial charge in [0.15, 0.2) is 0 Å². The van der Waals surface area contributed by atoms with E-state index in [0.29, 0.717) is 6.04 Å². The molecule has 0 rings (SSSR count). The van der Waals surface area contributed by atoms with Gasteiger partial charge in [-0.05, 0) is 25.1 Å². The van der Waals surface area contributed by atoms with Crippen LogP contribution >= 0.6 is 11.8 Å². The molecule has 2 unspecified atom stereocenters. The third kappa shape index (κ3) is 6.72. The third-order valence-electron chi connectivity index (χ3n) is 2.60. The van der Waals surface area contributed by atoms with Gasteiger partial charge in [-0.25, -0.2) is 0 Å². The van der Waals surface area contributed by atoms with Gasteiger partial charge in [0.05, 0.1) is 0 Å². The van der Waals surface area contributed by atoms with Gasteiger partial charge < -0.3 is 5.32 Å². The number of nitrogens with one attached hydrogen (secondary N) is 1. The van der Waals surface area contributed by atoms with Crippen LogP contribution in [-0.4, -0.2) is 23.6 Å². The van der Waals surface area contributed by atoms with Crippen LogP contribution in [0.25, 0.3) is 0 Å². The minimum absolute atomic E-state index is 0.701. The zero-order chi connectivity index (χ0) is 10.8. The van der Waals surface area contributed by atoms with Gasteiger partial charge in [0.25, 0.3) is 0 Å². The largest absolute Gasteiger partial charge is 0.313 e. The summed E-state index contributed by atoms with van der Waals surface area (Å²) in [5, 5.41) is 4.31. The first-order valence-electron chi connectivity index (χ1n) is 6.11. The Hall–Kier alpha value is 0.310. The van der Waals surface area contributed by atoms with Crippen LogP contribution in [0.1, 0.15) is 53.4 Å². The summed E-state index contributed by atoms with van der Waals surface area (Å²) in [5.74, 6) is 1.33. The van der Waals surface area contributed by atoms with E-state index in [9.17, 15) is 0 Å². The molecule has 0 saturated carbocycles. The topological polar surface area (TPSA) is 12.0 Å². The van der Waals surface area contributed by atoms with E-state index in [2.05, 4.69) is 44.8 Å². The molecular formula is C12H27NS. The second-order valence-electron chi connectivity index (χ2n) is 3.86. The highest BCUT2D eigenvalue weighted by Gasteiger charge is 2.13. The quantitative estimate of drug-likeness (QED) is 0.591. The molecule has 0 aromatic heterocycles. The molecular weight excluding hydrogens is 190 g/mol. The van der Waals surface area contributed by atoms with E-state index in [-0.39, 0.29) is 0 Å². The van der Waals surface area contributed by atoms with Crippen molar-refractivity contribution in [3.05, 3.63) is 0 Å². The monoisotopic (exact) mass is 217 g/mol. The van der Waals surface area contributed by atoms with Gasteiger partial charge in [-0.15, -0.1) is 0 Å². The van der Waals surface area contributed by atoms with Crippen molar-refractivity contribution in [3.8, 4) is 0 Å². The van der Waals surface area contributed by atoms with Crippen LogP contribution in [0.2, 0.25) is 0 Å². The van der Waals surface area contributed by atoms with Crippen LogP contribution in [0, 0.1) is 0 Å². The average Bonchev–Trinajstić information content (AvgIpc) is 2.20. The van der Waals surface area contributed by atoms with E-state index in [4.69, 9.17) is 0 Å². The molecule has 0 aliphatic rings. The summed E-state index contributed by atoms with van der Waals surface area (Å²) in [7, 11) is 0. The molecule has 2 atom stereocenters. The highest BCUT2D eigenvalue weighted by Crippen LogP contribution is 2.18. The highest BCUT2D eigenvalue weighted by atomic mass is 32.2. The predicted molar refractivity (Wildman–Crippen MR) is 69.2 cm³/mol. The maximum Gasteiger partial charge on any atom is 0.0181 e. The number of rotatable bonds is 9. The van der Waals surface area contributed by atoms with Crippen LogP contribution in [0.15, 0.2) is 0 Å². The van der Waals surface area contributed by atoms with Crippen LogP contribution in [0.4, 0.5) is 0 Å². The Bertz CT molecular complexity index is 117. The van der Waals surface area contributed by atoms with Gasteiger partial charge in [-0.2, -0.15) is 11.8 Å². The Balaban J connectivity index is 3.52. The van der Waals surface area contributed by atoms with Crippen molar-refractivity contribution in [2.24, 2.45) is 0 Å². The fourth-order valence-electron chi connectivity index (χ4n) is 1.64. The maximum absolute atomic E-state index is 3.55. The minimum atomic E-state index is 0.701. The summed E-state index contributed by atoms with van der Waals surface area (Å²) < 4.78 is 0. The summed E-state index contributed by atoms with van der Waals surface area (Å²) in [4.78, 5) is 0. The fourth-order valence-corrected chi connectivity index (χ4v) is 2.91. The second kappa shape index (κ2) is 9.85. The van der Waals surface area contributed by atoms with Gasteiger partial charge in [-0.3, -0.25) is 0 Å². The molecule has 0 radical (unpaired) electrons. The van der Waals surface area contributed by atoms with Crippen LogP contribution in [-0.2, 0) is 0 Å². The Morgan fingerprint density at radius 3 is 2.36 bits per heavy atom. The number of unbranched alkanes of at least 4 members (excludes halogenated alkanes) is 2. The summed E-state index contributed by atoms with van der Waals surface area (Å²) in [6.07, 6.45) is 5.35. The molecule has 0 bridgehead atoms. The van der Waals surface area contributed by atoms with Crippen LogP contribution in [0.3, 0.4) is 0 Å². The summed E-state index contributed by atoms with van der Waals surface area (Å²) >= 11 is 2.13. The Morgan fingerprint density at radius 1 is 1.14 bits per heavy atom. The molecule has 0 heterocycles. The van der Waals surface area contributed by atoms with E-state index >= 15 is 0 Å². The van der Waals surface area contributed by atoms with Crippen molar-refractivity contribution >= 4 is 11.8 Å². The van der Waals surface area contributed by atoms with Crippen molar-refractivity contribution in [1.82, 2.24) is 5.32 Å². The summed E-state index contributed by atoms with van der Waals surface area (Å²) in [5.41, 5.74) is 0. The Kier molecular flexibility index (Phi) is 10.1. The first-order chi connectivity index (χ1) is 6.76. The third-order valence-corrected chi connectivity index (χ3v) is 3.98. The standard InChI is InChI=1S/C12H27NS/c1-5-8-9-10-14-11(4)12(6-2)13-7-3/h11-13H,5-10H2,1-4H3. The zero-order valence-electron chi connectivity index (χ0n) is 10.3. The van der Waals surface area contributed by atoms with E-state index < -0.39 is 0 Å². The van der Waals surface area contributed by atoms with Crippen molar-refractivity contribution < 1.29 is 0 Å². The Labute approximate surface area is 94.4 Å². The van der Waals surface area contributed by atoms with Crippen LogP contribution < -0.4 is 5.32 Å². The smallest absolute Gasteiger partial charge is 0.0181 e.